The lowest BCUT2D eigenvalue weighted by Gasteiger charge is -2.22. The lowest BCUT2D eigenvalue weighted by Crippen LogP contribution is -2.07. The number of thiophene rings is 1. The van der Waals surface area contributed by atoms with Gasteiger partial charge < -0.3 is 5.11 Å². The number of carboxylic acids is 1. The predicted octanol–water partition coefficient (Wildman–Crippen LogP) is 3.84. The van der Waals surface area contributed by atoms with Crippen LogP contribution in [0.5, 0.6) is 0 Å². The Balaban J connectivity index is 1.87. The van der Waals surface area contributed by atoms with E-state index in [0.29, 0.717) is 11.5 Å². The van der Waals surface area contributed by atoms with Gasteiger partial charge in [-0.3, -0.25) is 0 Å². The summed E-state index contributed by atoms with van der Waals surface area (Å²) in [5.41, 5.74) is 1.28. The molecule has 0 saturated heterocycles. The minimum absolute atomic E-state index is 0.350. The van der Waals surface area contributed by atoms with Gasteiger partial charge in [0.25, 0.3) is 0 Å². The average molecular weight is 265 g/mol. The smallest absolute Gasteiger partial charge is 0.336 e. The van der Waals surface area contributed by atoms with Crippen molar-refractivity contribution in [2.24, 2.45) is 0 Å². The molecule has 1 fully saturated rings. The zero-order chi connectivity index (χ0) is 11.8. The maximum atomic E-state index is 10.8. The third-order valence-corrected chi connectivity index (χ3v) is 5.04. The van der Waals surface area contributed by atoms with Crippen LogP contribution < -0.4 is 0 Å². The van der Waals surface area contributed by atoms with E-state index >= 15 is 0 Å². The number of rotatable bonds is 3. The predicted molar refractivity (Wildman–Crippen MR) is 69.0 cm³/mol. The number of carboxylic acid groups (broad SMARTS) is 1. The van der Waals surface area contributed by atoms with Crippen molar-refractivity contribution in [1.29, 1.82) is 0 Å². The van der Waals surface area contributed by atoms with Crippen LogP contribution in [0.25, 0.3) is 10.6 Å². The van der Waals surface area contributed by atoms with Crippen molar-refractivity contribution in [3.63, 3.8) is 0 Å². The van der Waals surface area contributed by atoms with Gasteiger partial charge in [0.1, 0.15) is 0 Å². The van der Waals surface area contributed by atoms with Gasteiger partial charge in [0.05, 0.1) is 21.1 Å². The van der Waals surface area contributed by atoms with E-state index in [2.05, 4.69) is 4.98 Å². The molecule has 3 nitrogen and oxygen atoms in total. The van der Waals surface area contributed by atoms with Crippen LogP contribution in [-0.2, 0) is 0 Å². The van der Waals surface area contributed by atoms with Gasteiger partial charge in [0.15, 0.2) is 0 Å². The first-order chi connectivity index (χ1) is 8.24. The van der Waals surface area contributed by atoms with Crippen LogP contribution in [-0.4, -0.2) is 16.1 Å². The summed E-state index contributed by atoms with van der Waals surface area (Å²) < 4.78 is 0. The molecular formula is C12H11NO2S2. The van der Waals surface area contributed by atoms with E-state index in [0.717, 1.165) is 10.6 Å². The number of hydrogen-bond acceptors (Lipinski definition) is 4. The maximum absolute atomic E-state index is 10.8. The lowest BCUT2D eigenvalue weighted by atomic mass is 9.86. The van der Waals surface area contributed by atoms with Crippen LogP contribution in [0.1, 0.15) is 40.5 Å². The summed E-state index contributed by atoms with van der Waals surface area (Å²) in [6.45, 7) is 0. The molecule has 5 heteroatoms. The second-order valence-electron chi connectivity index (χ2n) is 4.20. The van der Waals surface area contributed by atoms with Gasteiger partial charge in [-0.1, -0.05) is 6.42 Å². The van der Waals surface area contributed by atoms with Crippen molar-refractivity contribution in [3.8, 4) is 10.6 Å². The number of aromatic nitrogens is 1. The van der Waals surface area contributed by atoms with Gasteiger partial charge >= 0.3 is 5.97 Å². The minimum Gasteiger partial charge on any atom is -0.478 e. The van der Waals surface area contributed by atoms with Crippen molar-refractivity contribution in [3.05, 3.63) is 27.4 Å². The average Bonchev–Trinajstić information content (AvgIpc) is 2.80. The summed E-state index contributed by atoms with van der Waals surface area (Å²) in [5.74, 6) is -0.227. The Hall–Kier alpha value is -1.20. The molecule has 1 saturated carbocycles. The topological polar surface area (TPSA) is 50.2 Å². The maximum Gasteiger partial charge on any atom is 0.336 e. The number of hydrogen-bond donors (Lipinski definition) is 1. The first kappa shape index (κ1) is 10.9. The van der Waals surface area contributed by atoms with Crippen molar-refractivity contribution in [2.45, 2.75) is 25.2 Å². The molecule has 0 aromatic carbocycles. The number of thiazole rings is 1. The van der Waals surface area contributed by atoms with Gasteiger partial charge in [-0.15, -0.1) is 22.7 Å². The zero-order valence-electron chi connectivity index (χ0n) is 9.05. The summed E-state index contributed by atoms with van der Waals surface area (Å²) >= 11 is 3.14. The van der Waals surface area contributed by atoms with E-state index in [-0.39, 0.29) is 0 Å². The van der Waals surface area contributed by atoms with Gasteiger partial charge in [0, 0.05) is 16.7 Å². The first-order valence-electron chi connectivity index (χ1n) is 5.51. The monoisotopic (exact) mass is 265 g/mol. The number of carbonyl (C=O) groups is 1. The highest BCUT2D eigenvalue weighted by molar-refractivity contribution is 7.14. The Morgan fingerprint density at radius 2 is 2.18 bits per heavy atom. The van der Waals surface area contributed by atoms with Crippen LogP contribution >= 0.6 is 22.7 Å². The second-order valence-corrected chi connectivity index (χ2v) is 6.00. The summed E-state index contributed by atoms with van der Waals surface area (Å²) in [6, 6.07) is 1.70. The summed E-state index contributed by atoms with van der Waals surface area (Å²) in [4.78, 5) is 16.4. The van der Waals surface area contributed by atoms with E-state index < -0.39 is 5.97 Å². The molecule has 0 radical (unpaired) electrons. The zero-order valence-corrected chi connectivity index (χ0v) is 10.7. The molecule has 0 atom stereocenters. The van der Waals surface area contributed by atoms with Crippen LogP contribution in [0.3, 0.4) is 0 Å². The van der Waals surface area contributed by atoms with Gasteiger partial charge in [-0.05, 0) is 18.9 Å². The number of aromatic carboxylic acids is 1. The van der Waals surface area contributed by atoms with Crippen molar-refractivity contribution in [2.75, 3.05) is 0 Å². The van der Waals surface area contributed by atoms with Gasteiger partial charge in [0.2, 0.25) is 0 Å². The van der Waals surface area contributed by atoms with Gasteiger partial charge in [-0.2, -0.15) is 0 Å². The van der Waals surface area contributed by atoms with Gasteiger partial charge in [-0.25, -0.2) is 9.78 Å². The Labute approximate surface area is 107 Å². The van der Waals surface area contributed by atoms with Crippen LogP contribution in [0, 0.1) is 0 Å². The Bertz CT molecular complexity index is 554. The normalized spacial score (nSPS) is 15.8. The van der Waals surface area contributed by atoms with Crippen LogP contribution in [0.15, 0.2) is 16.8 Å². The van der Waals surface area contributed by atoms with Crippen molar-refractivity contribution < 1.29 is 9.90 Å². The summed E-state index contributed by atoms with van der Waals surface area (Å²) in [5, 5.41) is 13.8. The Morgan fingerprint density at radius 1 is 1.35 bits per heavy atom. The fourth-order valence-corrected chi connectivity index (χ4v) is 3.74. The molecule has 3 rings (SSSR count). The first-order valence-corrected chi connectivity index (χ1v) is 7.27. The highest BCUT2D eigenvalue weighted by Gasteiger charge is 2.23. The lowest BCUT2D eigenvalue weighted by molar-refractivity contribution is 0.0697. The highest BCUT2D eigenvalue weighted by atomic mass is 32.1. The van der Waals surface area contributed by atoms with E-state index in [1.165, 1.54) is 35.6 Å². The quantitative estimate of drug-likeness (QED) is 0.917. The fourth-order valence-electron chi connectivity index (χ4n) is 1.83. The molecule has 88 valence electrons. The molecule has 17 heavy (non-hydrogen) atoms. The van der Waals surface area contributed by atoms with Crippen LogP contribution in [0.4, 0.5) is 0 Å². The van der Waals surface area contributed by atoms with E-state index in [1.54, 1.807) is 22.8 Å². The van der Waals surface area contributed by atoms with E-state index in [4.69, 9.17) is 5.11 Å². The molecule has 2 aromatic heterocycles. The highest BCUT2D eigenvalue weighted by Crippen LogP contribution is 2.39. The third-order valence-electron chi connectivity index (χ3n) is 3.08. The summed E-state index contributed by atoms with van der Waals surface area (Å²) in [7, 11) is 0. The largest absolute Gasteiger partial charge is 0.478 e. The standard InChI is InChI=1S/C12H11NO2S2/c14-12(15)8-4-10(16-5-8)9-6-17-11(13-9)7-2-1-3-7/h4-7H,1-3H2,(H,14,15). The molecule has 1 N–H and O–H groups in total. The Kier molecular flexibility index (Phi) is 2.72. The molecule has 0 unspecified atom stereocenters. The molecule has 0 amide bonds. The van der Waals surface area contributed by atoms with E-state index in [9.17, 15) is 4.79 Å². The molecule has 2 aromatic rings. The van der Waals surface area contributed by atoms with E-state index in [1.807, 2.05) is 5.38 Å². The molecule has 2 heterocycles. The molecule has 1 aliphatic rings. The Morgan fingerprint density at radius 3 is 2.76 bits per heavy atom. The molecule has 0 spiro atoms. The third kappa shape index (κ3) is 2.00. The molecule has 1 aliphatic carbocycles. The SMILES string of the molecule is O=C(O)c1csc(-c2csc(C3CCC3)n2)c1. The van der Waals surface area contributed by atoms with Crippen molar-refractivity contribution >= 4 is 28.6 Å². The second kappa shape index (κ2) is 4.23. The summed E-state index contributed by atoms with van der Waals surface area (Å²) in [6.07, 6.45) is 3.80. The fraction of sp³-hybridized carbons (Fsp3) is 0.333. The molecular weight excluding hydrogens is 254 g/mol. The van der Waals surface area contributed by atoms with Crippen LogP contribution in [0.2, 0.25) is 0 Å². The molecule has 0 aliphatic heterocycles. The minimum atomic E-state index is -0.873. The molecule has 0 bridgehead atoms. The van der Waals surface area contributed by atoms with Crippen molar-refractivity contribution in [1.82, 2.24) is 4.98 Å². The number of nitrogens with zero attached hydrogens (tertiary/aromatic N) is 1.